The lowest BCUT2D eigenvalue weighted by molar-refractivity contribution is 0.620. The van der Waals surface area contributed by atoms with Gasteiger partial charge in [-0.05, 0) is 76.9 Å². The van der Waals surface area contributed by atoms with Crippen molar-refractivity contribution in [2.45, 2.75) is 0 Å². The number of hydrogen-bond donors (Lipinski definition) is 0. The lowest BCUT2D eigenvalue weighted by Crippen LogP contribution is -2.00. The molecule has 6 nitrogen and oxygen atoms in total. The Morgan fingerprint density at radius 2 is 1.00 bits per heavy atom. The third kappa shape index (κ3) is 5.70. The Morgan fingerprint density at radius 1 is 0.356 bits per heavy atom. The number of fused-ring (bicyclic) bond motifs is 7. The molecule has 0 amide bonds. The molecule has 276 valence electrons. The van der Waals surface area contributed by atoms with Gasteiger partial charge in [-0.2, -0.15) is 0 Å². The highest BCUT2D eigenvalue weighted by molar-refractivity contribution is 7.26. The van der Waals surface area contributed by atoms with Gasteiger partial charge in [0.1, 0.15) is 16.7 Å². The van der Waals surface area contributed by atoms with Crippen LogP contribution in [0.25, 0.3) is 121 Å². The lowest BCUT2D eigenvalue weighted by Gasteiger charge is -2.10. The Balaban J connectivity index is 0.939. The predicted octanol–water partition coefficient (Wildman–Crippen LogP) is 14.3. The second-order valence-electron chi connectivity index (χ2n) is 14.6. The first-order valence-electron chi connectivity index (χ1n) is 19.4. The summed E-state index contributed by atoms with van der Waals surface area (Å²) in [4.78, 5) is 20.0. The van der Waals surface area contributed by atoms with Crippen LogP contribution in [0.2, 0.25) is 0 Å². The number of nitrogens with zero attached hydrogens (tertiary/aromatic N) is 4. The molecule has 0 N–H and O–H groups in total. The van der Waals surface area contributed by atoms with Crippen LogP contribution in [0.15, 0.2) is 191 Å². The molecule has 59 heavy (non-hydrogen) atoms. The number of para-hydroxylation sites is 3. The molecular weight excluding hydrogens is 745 g/mol. The molecule has 0 aliphatic rings. The molecule has 0 saturated carbocycles. The number of furan rings is 1. The van der Waals surface area contributed by atoms with Crippen molar-refractivity contribution in [3.8, 4) is 67.9 Å². The molecule has 4 aromatic heterocycles. The van der Waals surface area contributed by atoms with Crippen LogP contribution in [0.1, 0.15) is 0 Å². The minimum atomic E-state index is 0.597. The smallest absolute Gasteiger partial charge is 0.227 e. The van der Waals surface area contributed by atoms with Gasteiger partial charge in [-0.25, -0.2) is 19.9 Å². The van der Waals surface area contributed by atoms with Gasteiger partial charge in [-0.3, -0.25) is 0 Å². The summed E-state index contributed by atoms with van der Waals surface area (Å²) in [6.45, 7) is 0. The maximum Gasteiger partial charge on any atom is 0.227 e. The van der Waals surface area contributed by atoms with E-state index in [0.717, 1.165) is 72.0 Å². The first-order chi connectivity index (χ1) is 29.2. The van der Waals surface area contributed by atoms with E-state index in [-0.39, 0.29) is 0 Å². The third-order valence-electron chi connectivity index (χ3n) is 11.0. The van der Waals surface area contributed by atoms with E-state index in [9.17, 15) is 0 Å². The number of rotatable bonds is 6. The number of hydrogen-bond acceptors (Lipinski definition) is 7. The lowest BCUT2D eigenvalue weighted by atomic mass is 9.98. The van der Waals surface area contributed by atoms with Crippen LogP contribution in [0.3, 0.4) is 0 Å². The Hall–Kier alpha value is -7.74. The topological polar surface area (TPSA) is 77.8 Å². The number of benzene rings is 8. The highest BCUT2D eigenvalue weighted by Gasteiger charge is 2.19. The summed E-state index contributed by atoms with van der Waals surface area (Å²) >= 11 is 1.82. The van der Waals surface area contributed by atoms with Gasteiger partial charge >= 0.3 is 0 Å². The third-order valence-corrected chi connectivity index (χ3v) is 12.2. The van der Waals surface area contributed by atoms with Crippen molar-refractivity contribution in [3.05, 3.63) is 182 Å². The summed E-state index contributed by atoms with van der Waals surface area (Å²) in [5.74, 6) is 2.45. The zero-order valence-corrected chi connectivity index (χ0v) is 32.2. The zero-order chi connectivity index (χ0) is 38.9. The van der Waals surface area contributed by atoms with Crippen LogP contribution < -0.4 is 0 Å². The average molecular weight is 775 g/mol. The Labute approximate surface area is 341 Å². The van der Waals surface area contributed by atoms with Gasteiger partial charge in [0.15, 0.2) is 23.1 Å². The van der Waals surface area contributed by atoms with Crippen LogP contribution in [0, 0.1) is 0 Å². The van der Waals surface area contributed by atoms with E-state index in [1.54, 1.807) is 0 Å². The number of oxazole rings is 1. The molecule has 12 aromatic rings. The fourth-order valence-electron chi connectivity index (χ4n) is 8.13. The first-order valence-corrected chi connectivity index (χ1v) is 20.3. The largest absolute Gasteiger partial charge is 0.456 e. The molecule has 8 aromatic carbocycles. The van der Waals surface area contributed by atoms with Crippen molar-refractivity contribution in [2.75, 3.05) is 0 Å². The van der Waals surface area contributed by atoms with Gasteiger partial charge in [0.2, 0.25) is 5.89 Å². The molecular formula is C52H30N4O2S. The normalized spacial score (nSPS) is 11.7. The standard InChI is InChI=1S/C52H30N4O2S/c1-2-11-32(12-3-1)49-54-50(56-51(55-49)40-18-10-22-45-47(40)39-15-4-6-20-43(39)57-45)36-14-8-13-35(29-36)37-16-9-17-38-41-30-34(27-28-46(41)59-48(37)38)31-23-25-33(26-24-31)52-53-42-19-5-7-21-44(42)58-52/h1-30H. The number of thiophene rings is 1. The Bertz CT molecular complexity index is 3530. The zero-order valence-electron chi connectivity index (χ0n) is 31.3. The Morgan fingerprint density at radius 3 is 1.88 bits per heavy atom. The van der Waals surface area contributed by atoms with E-state index in [2.05, 4.69) is 102 Å². The second-order valence-corrected chi connectivity index (χ2v) is 15.6. The minimum Gasteiger partial charge on any atom is -0.456 e. The van der Waals surface area contributed by atoms with E-state index in [1.807, 2.05) is 96.3 Å². The van der Waals surface area contributed by atoms with E-state index in [4.69, 9.17) is 23.8 Å². The fourth-order valence-corrected chi connectivity index (χ4v) is 9.35. The predicted molar refractivity (Wildman–Crippen MR) is 240 cm³/mol. The summed E-state index contributed by atoms with van der Waals surface area (Å²) in [5.41, 5.74) is 11.5. The van der Waals surface area contributed by atoms with Crippen LogP contribution in [-0.2, 0) is 0 Å². The van der Waals surface area contributed by atoms with Gasteiger partial charge in [0.25, 0.3) is 0 Å². The van der Waals surface area contributed by atoms with Gasteiger partial charge in [0.05, 0.1) is 0 Å². The SMILES string of the molecule is c1ccc(-c2nc(-c3cccc(-c4cccc5c4sc4ccc(-c6ccc(-c7nc8ccccc8o7)cc6)cc45)c3)nc(-c3cccc4oc5ccccc5c34)n2)cc1. The van der Waals surface area contributed by atoms with Crippen LogP contribution >= 0.6 is 11.3 Å². The summed E-state index contributed by atoms with van der Waals surface area (Å²) < 4.78 is 14.8. The van der Waals surface area contributed by atoms with E-state index >= 15 is 0 Å². The fraction of sp³-hybridized carbons (Fsp3) is 0. The maximum absolute atomic E-state index is 6.25. The molecule has 0 aliphatic heterocycles. The van der Waals surface area contributed by atoms with Gasteiger partial charge in [-0.1, -0.05) is 127 Å². The molecule has 0 radical (unpaired) electrons. The highest BCUT2D eigenvalue weighted by atomic mass is 32.1. The van der Waals surface area contributed by atoms with Crippen molar-refractivity contribution in [1.29, 1.82) is 0 Å². The molecule has 0 bridgehead atoms. The molecule has 4 heterocycles. The second kappa shape index (κ2) is 13.4. The minimum absolute atomic E-state index is 0.597. The molecule has 0 atom stereocenters. The van der Waals surface area contributed by atoms with Crippen molar-refractivity contribution in [3.63, 3.8) is 0 Å². The number of aromatic nitrogens is 4. The van der Waals surface area contributed by atoms with Crippen molar-refractivity contribution in [1.82, 2.24) is 19.9 Å². The van der Waals surface area contributed by atoms with Gasteiger partial charge in [-0.15, -0.1) is 11.3 Å². The monoisotopic (exact) mass is 774 g/mol. The van der Waals surface area contributed by atoms with E-state index in [1.165, 1.54) is 25.7 Å². The molecule has 0 saturated heterocycles. The van der Waals surface area contributed by atoms with Gasteiger partial charge < -0.3 is 8.83 Å². The highest BCUT2D eigenvalue weighted by Crippen LogP contribution is 2.43. The molecule has 0 fully saturated rings. The Kier molecular flexibility index (Phi) is 7.61. The molecule has 12 rings (SSSR count). The van der Waals surface area contributed by atoms with E-state index in [0.29, 0.717) is 23.4 Å². The van der Waals surface area contributed by atoms with Crippen LogP contribution in [0.4, 0.5) is 0 Å². The summed E-state index contributed by atoms with van der Waals surface area (Å²) in [7, 11) is 0. The quantitative estimate of drug-likeness (QED) is 0.167. The van der Waals surface area contributed by atoms with Gasteiger partial charge in [0, 0.05) is 53.2 Å². The maximum atomic E-state index is 6.25. The van der Waals surface area contributed by atoms with Crippen molar-refractivity contribution in [2.24, 2.45) is 0 Å². The first kappa shape index (κ1) is 33.4. The van der Waals surface area contributed by atoms with Crippen LogP contribution in [-0.4, -0.2) is 19.9 Å². The average Bonchev–Trinajstić information content (AvgIpc) is 4.03. The summed E-state index contributed by atoms with van der Waals surface area (Å²) in [5, 5.41) is 4.48. The summed E-state index contributed by atoms with van der Waals surface area (Å²) in [6, 6.07) is 62.5. The molecule has 0 spiro atoms. The molecule has 0 aliphatic carbocycles. The van der Waals surface area contributed by atoms with E-state index < -0.39 is 0 Å². The van der Waals surface area contributed by atoms with Crippen molar-refractivity contribution < 1.29 is 8.83 Å². The summed E-state index contributed by atoms with van der Waals surface area (Å²) in [6.07, 6.45) is 0. The molecule has 0 unspecified atom stereocenters. The molecule has 7 heteroatoms. The van der Waals surface area contributed by atoms with Crippen LogP contribution in [0.5, 0.6) is 0 Å². The van der Waals surface area contributed by atoms with Crippen molar-refractivity contribution >= 4 is 64.5 Å².